The first-order valence-electron chi connectivity index (χ1n) is 21.5. The molecule has 60 heavy (non-hydrogen) atoms. The van der Waals surface area contributed by atoms with Gasteiger partial charge in [0.15, 0.2) is 0 Å². The molecule has 0 unspecified atom stereocenters. The van der Waals surface area contributed by atoms with E-state index in [0.29, 0.717) is 5.92 Å². The Morgan fingerprint density at radius 3 is 1.72 bits per heavy atom. The van der Waals surface area contributed by atoms with E-state index in [4.69, 9.17) is 4.42 Å². The lowest BCUT2D eigenvalue weighted by atomic mass is 9.95. The summed E-state index contributed by atoms with van der Waals surface area (Å²) in [6, 6.07) is 60.5. The minimum absolute atomic E-state index is 0.555. The Balaban J connectivity index is 0.000000123. The van der Waals surface area contributed by atoms with Crippen LogP contribution in [0.4, 0.5) is 0 Å². The predicted octanol–water partition coefficient (Wildman–Crippen LogP) is 17.2. The second-order valence-corrected chi connectivity index (χ2v) is 16.4. The molecule has 0 atom stereocenters. The van der Waals surface area contributed by atoms with Gasteiger partial charge >= 0.3 is 0 Å². The van der Waals surface area contributed by atoms with Gasteiger partial charge in [0, 0.05) is 32.3 Å². The third kappa shape index (κ3) is 7.55. The Labute approximate surface area is 355 Å². The second-order valence-electron chi connectivity index (χ2n) is 16.4. The third-order valence-corrected chi connectivity index (χ3v) is 11.6. The standard InChI is InChI=1S/C21H18O.C19H13N.C15H16.C3H8/c1-14(2)15-10-12-16(13-11-15)17-7-5-9-20-21(17)18-6-3-4-8-19(18)22-20;1-12-6-4-8-15-16-10-5-9-14-13-7-2-3-11-17(13)20(18(12)15)19(14)16;1-11-8-9-13(3)15(10-11)14-7-5-4-6-12(14)2;1-3-2/h3-14H,1-2H3;2-11H,1H3;4-10H,1-3H3;3H2,1-2H3. The average Bonchev–Trinajstić information content (AvgIpc) is 3.93. The highest BCUT2D eigenvalue weighted by Crippen LogP contribution is 2.40. The topological polar surface area (TPSA) is 17.6 Å². The third-order valence-electron chi connectivity index (χ3n) is 11.6. The lowest BCUT2D eigenvalue weighted by molar-refractivity contribution is 0.669. The highest BCUT2D eigenvalue weighted by Gasteiger charge is 2.17. The molecular formula is C58H55NO. The monoisotopic (exact) mass is 781 g/mol. The molecule has 3 aromatic heterocycles. The largest absolute Gasteiger partial charge is 0.456 e. The molecule has 3 heterocycles. The number of aromatic nitrogens is 1. The van der Waals surface area contributed by atoms with E-state index in [1.807, 2.05) is 18.2 Å². The quantitative estimate of drug-likeness (QED) is 0.175. The fraction of sp³-hybridized carbons (Fsp3) is 0.172. The van der Waals surface area contributed by atoms with Crippen LogP contribution < -0.4 is 0 Å². The molecule has 0 radical (unpaired) electrons. The molecule has 0 bridgehead atoms. The maximum atomic E-state index is 5.98. The first kappa shape index (κ1) is 40.2. The van der Waals surface area contributed by atoms with Crippen molar-refractivity contribution in [2.45, 2.75) is 67.7 Å². The highest BCUT2D eigenvalue weighted by molar-refractivity contribution is 6.23. The van der Waals surface area contributed by atoms with Gasteiger partial charge in [0.1, 0.15) is 11.2 Å². The SMILES string of the molecule is CC(C)c1ccc(-c2cccc3oc4ccccc4c23)cc1.CCC.Cc1ccc(C)c(-c2ccccc2C)c1.Cc1cccc2c3cccc4c5ccccc5n(c12)c43. The molecule has 0 amide bonds. The van der Waals surface area contributed by atoms with Crippen molar-refractivity contribution in [3.8, 4) is 22.3 Å². The summed E-state index contributed by atoms with van der Waals surface area (Å²) < 4.78 is 8.41. The van der Waals surface area contributed by atoms with E-state index in [9.17, 15) is 0 Å². The van der Waals surface area contributed by atoms with Gasteiger partial charge in [-0.1, -0.05) is 191 Å². The molecule has 11 rings (SSSR count). The first-order valence-corrected chi connectivity index (χ1v) is 21.5. The Hall–Kier alpha value is -6.64. The summed E-state index contributed by atoms with van der Waals surface area (Å²) in [6.45, 7) is 17.4. The summed E-state index contributed by atoms with van der Waals surface area (Å²) in [5.41, 5.74) is 17.8. The molecule has 0 aliphatic heterocycles. The van der Waals surface area contributed by atoms with Crippen molar-refractivity contribution < 1.29 is 4.42 Å². The molecule has 2 nitrogen and oxygen atoms in total. The number of hydrogen-bond acceptors (Lipinski definition) is 1. The summed E-state index contributed by atoms with van der Waals surface area (Å²) in [4.78, 5) is 0. The van der Waals surface area contributed by atoms with Gasteiger partial charge in [-0.2, -0.15) is 0 Å². The van der Waals surface area contributed by atoms with Gasteiger partial charge in [-0.25, -0.2) is 0 Å². The number of benzene rings is 8. The van der Waals surface area contributed by atoms with Crippen LogP contribution in [-0.4, -0.2) is 4.40 Å². The van der Waals surface area contributed by atoms with E-state index in [1.165, 1.54) is 105 Å². The normalized spacial score (nSPS) is 11.2. The minimum atomic E-state index is 0.555. The number of furan rings is 1. The van der Waals surface area contributed by atoms with E-state index in [0.717, 1.165) is 11.2 Å². The Kier molecular flexibility index (Phi) is 11.6. The van der Waals surface area contributed by atoms with E-state index in [-0.39, 0.29) is 0 Å². The van der Waals surface area contributed by atoms with Crippen molar-refractivity contribution in [3.63, 3.8) is 0 Å². The smallest absolute Gasteiger partial charge is 0.136 e. The molecule has 0 saturated heterocycles. The van der Waals surface area contributed by atoms with Crippen LogP contribution in [0.15, 0.2) is 174 Å². The summed E-state index contributed by atoms with van der Waals surface area (Å²) in [7, 11) is 0. The van der Waals surface area contributed by atoms with Crippen LogP contribution >= 0.6 is 0 Å². The number of rotatable bonds is 3. The van der Waals surface area contributed by atoms with Crippen LogP contribution in [0.1, 0.15) is 67.9 Å². The first-order chi connectivity index (χ1) is 29.2. The molecule has 11 aromatic rings. The lowest BCUT2D eigenvalue weighted by Gasteiger charge is -2.09. The zero-order valence-electron chi connectivity index (χ0n) is 36.3. The number of nitrogens with zero attached hydrogens (tertiary/aromatic N) is 1. The highest BCUT2D eigenvalue weighted by atomic mass is 16.3. The van der Waals surface area contributed by atoms with Crippen LogP contribution in [0, 0.1) is 27.7 Å². The molecule has 2 heteroatoms. The number of para-hydroxylation sites is 4. The fourth-order valence-corrected chi connectivity index (χ4v) is 8.61. The molecule has 298 valence electrons. The van der Waals surface area contributed by atoms with Gasteiger partial charge in [0.05, 0.1) is 16.6 Å². The van der Waals surface area contributed by atoms with Crippen LogP contribution in [0.25, 0.3) is 82.3 Å². The van der Waals surface area contributed by atoms with Gasteiger partial charge in [-0.3, -0.25) is 0 Å². The van der Waals surface area contributed by atoms with Crippen LogP contribution in [0.2, 0.25) is 0 Å². The summed E-state index contributed by atoms with van der Waals surface area (Å²) in [5.74, 6) is 0.555. The van der Waals surface area contributed by atoms with E-state index in [1.54, 1.807) is 0 Å². The van der Waals surface area contributed by atoms with Gasteiger partial charge in [-0.05, 0) is 96.3 Å². The maximum absolute atomic E-state index is 5.98. The molecule has 0 spiro atoms. The lowest BCUT2D eigenvalue weighted by Crippen LogP contribution is -1.87. The average molecular weight is 782 g/mol. The second kappa shape index (κ2) is 17.3. The molecule has 0 aliphatic carbocycles. The maximum Gasteiger partial charge on any atom is 0.136 e. The van der Waals surface area contributed by atoms with Crippen molar-refractivity contribution in [2.24, 2.45) is 0 Å². The van der Waals surface area contributed by atoms with Crippen molar-refractivity contribution >= 4 is 60.0 Å². The molecule has 0 fully saturated rings. The zero-order chi connectivity index (χ0) is 41.9. The van der Waals surface area contributed by atoms with Crippen molar-refractivity contribution in [2.75, 3.05) is 0 Å². The summed E-state index contributed by atoms with van der Waals surface area (Å²) >= 11 is 0. The number of hydrogen-bond donors (Lipinski definition) is 0. The predicted molar refractivity (Wildman–Crippen MR) is 261 cm³/mol. The molecule has 8 aromatic carbocycles. The Morgan fingerprint density at radius 1 is 0.450 bits per heavy atom. The summed E-state index contributed by atoms with van der Waals surface area (Å²) in [6.07, 6.45) is 1.25. The van der Waals surface area contributed by atoms with Crippen molar-refractivity contribution in [1.29, 1.82) is 0 Å². The minimum Gasteiger partial charge on any atom is -0.456 e. The number of fused-ring (bicyclic) bond motifs is 9. The summed E-state index contributed by atoms with van der Waals surface area (Å²) in [5, 5.41) is 7.80. The van der Waals surface area contributed by atoms with Crippen molar-refractivity contribution in [1.82, 2.24) is 4.40 Å². The van der Waals surface area contributed by atoms with E-state index < -0.39 is 0 Å². The van der Waals surface area contributed by atoms with Crippen LogP contribution in [-0.2, 0) is 0 Å². The van der Waals surface area contributed by atoms with E-state index >= 15 is 0 Å². The fourth-order valence-electron chi connectivity index (χ4n) is 8.61. The molecule has 0 aliphatic rings. The van der Waals surface area contributed by atoms with Gasteiger partial charge < -0.3 is 8.82 Å². The molecule has 0 N–H and O–H groups in total. The Morgan fingerprint density at radius 2 is 0.983 bits per heavy atom. The van der Waals surface area contributed by atoms with Crippen LogP contribution in [0.5, 0.6) is 0 Å². The van der Waals surface area contributed by atoms with Gasteiger partial charge in [-0.15, -0.1) is 0 Å². The van der Waals surface area contributed by atoms with Crippen LogP contribution in [0.3, 0.4) is 0 Å². The Bertz CT molecular complexity index is 3210. The van der Waals surface area contributed by atoms with Gasteiger partial charge in [0.2, 0.25) is 0 Å². The van der Waals surface area contributed by atoms with E-state index in [2.05, 4.69) is 211 Å². The zero-order valence-corrected chi connectivity index (χ0v) is 36.3. The van der Waals surface area contributed by atoms with Gasteiger partial charge in [0.25, 0.3) is 0 Å². The molecular weight excluding hydrogens is 727 g/mol. The molecule has 0 saturated carbocycles. The number of aryl methyl sites for hydroxylation is 4. The van der Waals surface area contributed by atoms with Crippen molar-refractivity contribution in [3.05, 3.63) is 198 Å².